The van der Waals surface area contributed by atoms with E-state index in [9.17, 15) is 9.90 Å². The van der Waals surface area contributed by atoms with Gasteiger partial charge in [0.2, 0.25) is 5.91 Å². The first-order valence-corrected chi connectivity index (χ1v) is 10.3. The molecule has 27 heavy (non-hydrogen) atoms. The van der Waals surface area contributed by atoms with Crippen molar-refractivity contribution in [2.45, 2.75) is 51.6 Å². The van der Waals surface area contributed by atoms with Crippen molar-refractivity contribution in [2.24, 2.45) is 17.8 Å². The molecule has 0 unspecified atom stereocenters. The van der Waals surface area contributed by atoms with Crippen LogP contribution in [0.4, 0.5) is 0 Å². The summed E-state index contributed by atoms with van der Waals surface area (Å²) in [5.41, 5.74) is 4.00. The van der Waals surface area contributed by atoms with Crippen molar-refractivity contribution >= 4 is 12.0 Å². The van der Waals surface area contributed by atoms with Gasteiger partial charge < -0.3 is 10.0 Å². The van der Waals surface area contributed by atoms with Crippen LogP contribution < -0.4 is 0 Å². The summed E-state index contributed by atoms with van der Waals surface area (Å²) in [6.45, 7) is 2.11. The van der Waals surface area contributed by atoms with Crippen LogP contribution in [0.25, 0.3) is 6.08 Å². The zero-order valence-electron chi connectivity index (χ0n) is 16.9. The van der Waals surface area contributed by atoms with Gasteiger partial charge in [-0.25, -0.2) is 0 Å². The molecule has 3 heteroatoms. The van der Waals surface area contributed by atoms with Crippen molar-refractivity contribution in [1.82, 2.24) is 4.90 Å². The van der Waals surface area contributed by atoms with E-state index in [0.717, 1.165) is 32.1 Å². The molecule has 0 heterocycles. The zero-order valence-corrected chi connectivity index (χ0v) is 16.9. The van der Waals surface area contributed by atoms with E-state index in [4.69, 9.17) is 0 Å². The summed E-state index contributed by atoms with van der Waals surface area (Å²) in [7, 11) is 3.64. The SMILES string of the molecule is Cc1cccc(C=C[C@@H]2[C@H]3CC(CCCCC(=O)N(C)C)=C[C@H]3C[C@H]2O)c1. The minimum atomic E-state index is -0.225. The van der Waals surface area contributed by atoms with Crippen LogP contribution in [0.1, 0.15) is 49.7 Å². The zero-order chi connectivity index (χ0) is 19.4. The molecule has 0 saturated heterocycles. The van der Waals surface area contributed by atoms with Gasteiger partial charge in [-0.05, 0) is 56.4 Å². The Hall–Kier alpha value is -1.87. The lowest BCUT2D eigenvalue weighted by Gasteiger charge is -2.18. The van der Waals surface area contributed by atoms with Crippen LogP contribution in [0, 0.1) is 24.7 Å². The number of hydrogen-bond acceptors (Lipinski definition) is 2. The van der Waals surface area contributed by atoms with Gasteiger partial charge >= 0.3 is 0 Å². The first kappa shape index (κ1) is 19.9. The first-order valence-electron chi connectivity index (χ1n) is 10.3. The van der Waals surface area contributed by atoms with E-state index >= 15 is 0 Å². The third kappa shape index (κ3) is 5.10. The van der Waals surface area contributed by atoms with Crippen LogP contribution in [0.2, 0.25) is 0 Å². The maximum Gasteiger partial charge on any atom is 0.222 e. The van der Waals surface area contributed by atoms with Gasteiger partial charge in [0.15, 0.2) is 0 Å². The lowest BCUT2D eigenvalue weighted by atomic mass is 9.88. The molecule has 0 bridgehead atoms. The number of aryl methyl sites for hydroxylation is 1. The lowest BCUT2D eigenvalue weighted by molar-refractivity contribution is -0.128. The number of hydrogen-bond donors (Lipinski definition) is 1. The fraction of sp³-hybridized carbons (Fsp3) is 0.542. The molecule has 1 saturated carbocycles. The summed E-state index contributed by atoms with van der Waals surface area (Å²) in [5, 5.41) is 10.5. The van der Waals surface area contributed by atoms with Gasteiger partial charge in [-0.15, -0.1) is 0 Å². The summed E-state index contributed by atoms with van der Waals surface area (Å²) >= 11 is 0. The third-order valence-electron chi connectivity index (χ3n) is 6.14. The van der Waals surface area contributed by atoms with Crippen LogP contribution in [0.3, 0.4) is 0 Å². The van der Waals surface area contributed by atoms with Crippen LogP contribution in [-0.4, -0.2) is 36.1 Å². The number of carbonyl (C=O) groups excluding carboxylic acids is 1. The van der Waals surface area contributed by atoms with Crippen molar-refractivity contribution in [3.63, 3.8) is 0 Å². The molecule has 4 atom stereocenters. The molecule has 1 amide bonds. The summed E-state index contributed by atoms with van der Waals surface area (Å²) in [4.78, 5) is 13.3. The van der Waals surface area contributed by atoms with Crippen LogP contribution in [-0.2, 0) is 4.79 Å². The largest absolute Gasteiger partial charge is 0.392 e. The minimum absolute atomic E-state index is 0.219. The molecule has 2 aliphatic carbocycles. The Bertz CT molecular complexity index is 719. The topological polar surface area (TPSA) is 40.5 Å². The number of carbonyl (C=O) groups is 1. The van der Waals surface area contributed by atoms with Gasteiger partial charge in [0, 0.05) is 26.4 Å². The van der Waals surface area contributed by atoms with E-state index in [1.165, 1.54) is 16.7 Å². The molecule has 1 aromatic carbocycles. The molecule has 1 N–H and O–H groups in total. The van der Waals surface area contributed by atoms with E-state index in [0.29, 0.717) is 18.3 Å². The predicted octanol–water partition coefficient (Wildman–Crippen LogP) is 4.60. The normalized spacial score (nSPS) is 27.0. The van der Waals surface area contributed by atoms with Crippen molar-refractivity contribution in [3.8, 4) is 0 Å². The molecular formula is C24H33NO2. The monoisotopic (exact) mass is 367 g/mol. The Balaban J connectivity index is 1.51. The number of amides is 1. The quantitative estimate of drug-likeness (QED) is 0.565. The molecule has 2 aliphatic rings. The van der Waals surface area contributed by atoms with Crippen molar-refractivity contribution in [2.75, 3.05) is 14.1 Å². The summed E-state index contributed by atoms with van der Waals surface area (Å²) < 4.78 is 0. The number of rotatable bonds is 7. The summed E-state index contributed by atoms with van der Waals surface area (Å²) in [6, 6.07) is 8.49. The predicted molar refractivity (Wildman–Crippen MR) is 111 cm³/mol. The number of allylic oxidation sites excluding steroid dienone is 2. The van der Waals surface area contributed by atoms with Crippen molar-refractivity contribution in [3.05, 3.63) is 53.1 Å². The standard InChI is InChI=1S/C24H33NO2/c1-17-7-6-9-18(13-17)11-12-21-22-15-19(14-20(22)16-23(21)26)8-4-5-10-24(27)25(2)3/h6-7,9,11-14,20-23,26H,4-5,8,10,15-16H2,1-3H3/t20-,21+,22-,23+/m0/s1. The molecule has 0 spiro atoms. The van der Waals surface area contributed by atoms with E-state index in [-0.39, 0.29) is 17.9 Å². The second-order valence-corrected chi connectivity index (χ2v) is 8.51. The molecule has 3 nitrogen and oxygen atoms in total. The Morgan fingerprint density at radius 2 is 2.11 bits per heavy atom. The van der Waals surface area contributed by atoms with E-state index in [1.807, 2.05) is 14.1 Å². The van der Waals surface area contributed by atoms with Crippen LogP contribution >= 0.6 is 0 Å². The number of fused-ring (bicyclic) bond motifs is 1. The molecule has 0 radical (unpaired) electrons. The van der Waals surface area contributed by atoms with Crippen molar-refractivity contribution < 1.29 is 9.90 Å². The highest BCUT2D eigenvalue weighted by atomic mass is 16.3. The smallest absolute Gasteiger partial charge is 0.222 e. The highest BCUT2D eigenvalue weighted by Crippen LogP contribution is 2.48. The molecule has 1 aromatic rings. The number of aliphatic hydroxyl groups excluding tert-OH is 1. The van der Waals surface area contributed by atoms with Crippen LogP contribution in [0.15, 0.2) is 42.0 Å². The van der Waals surface area contributed by atoms with Crippen LogP contribution in [0.5, 0.6) is 0 Å². The number of unbranched alkanes of at least 4 members (excludes halogenated alkanes) is 1. The maximum absolute atomic E-state index is 11.7. The molecule has 3 rings (SSSR count). The maximum atomic E-state index is 11.7. The van der Waals surface area contributed by atoms with Crippen molar-refractivity contribution in [1.29, 1.82) is 0 Å². The Labute approximate surface area is 163 Å². The number of benzene rings is 1. The molecule has 0 aliphatic heterocycles. The fourth-order valence-electron chi connectivity index (χ4n) is 4.64. The average molecular weight is 368 g/mol. The van der Waals surface area contributed by atoms with E-state index < -0.39 is 0 Å². The second kappa shape index (κ2) is 8.88. The summed E-state index contributed by atoms with van der Waals surface area (Å²) in [6.07, 6.45) is 12.4. The van der Waals surface area contributed by atoms with Gasteiger partial charge in [0.1, 0.15) is 0 Å². The number of nitrogens with zero attached hydrogens (tertiary/aromatic N) is 1. The highest BCUT2D eigenvalue weighted by Gasteiger charge is 2.43. The van der Waals surface area contributed by atoms with Gasteiger partial charge in [-0.2, -0.15) is 0 Å². The van der Waals surface area contributed by atoms with Gasteiger partial charge in [0.05, 0.1) is 6.10 Å². The number of aliphatic hydroxyl groups is 1. The minimum Gasteiger partial charge on any atom is -0.392 e. The van der Waals surface area contributed by atoms with Gasteiger partial charge in [-0.1, -0.05) is 53.6 Å². The lowest BCUT2D eigenvalue weighted by Crippen LogP contribution is -2.21. The second-order valence-electron chi connectivity index (χ2n) is 8.51. The van der Waals surface area contributed by atoms with Gasteiger partial charge in [0.25, 0.3) is 0 Å². The van der Waals surface area contributed by atoms with E-state index in [2.05, 4.69) is 49.4 Å². The van der Waals surface area contributed by atoms with Gasteiger partial charge in [-0.3, -0.25) is 4.79 Å². The molecule has 146 valence electrons. The molecular weight excluding hydrogens is 334 g/mol. The average Bonchev–Trinajstić information content (AvgIpc) is 3.13. The third-order valence-corrected chi connectivity index (χ3v) is 6.14. The van der Waals surface area contributed by atoms with E-state index in [1.54, 1.807) is 4.90 Å². The fourth-order valence-corrected chi connectivity index (χ4v) is 4.64. The first-order chi connectivity index (χ1) is 12.9. The Kier molecular flexibility index (Phi) is 6.54. The summed E-state index contributed by atoms with van der Waals surface area (Å²) in [5.74, 6) is 1.53. The Morgan fingerprint density at radius 3 is 2.85 bits per heavy atom. The molecule has 1 fully saturated rings. The molecule has 0 aromatic heterocycles. The Morgan fingerprint density at radius 1 is 1.30 bits per heavy atom. The highest BCUT2D eigenvalue weighted by molar-refractivity contribution is 5.75.